The van der Waals surface area contributed by atoms with Crippen molar-refractivity contribution in [3.05, 3.63) is 42.0 Å². The number of benzene rings is 1. The number of aliphatic hydroxyl groups is 1. The van der Waals surface area contributed by atoms with Crippen molar-refractivity contribution in [1.82, 2.24) is 10.6 Å². The second-order valence-electron chi connectivity index (χ2n) is 4.16. The maximum Gasteiger partial charge on any atom is 0.251 e. The molecule has 0 bridgehead atoms. The zero-order valence-electron chi connectivity index (χ0n) is 12.0. The number of rotatable bonds is 8. The van der Waals surface area contributed by atoms with E-state index in [1.54, 1.807) is 24.3 Å². The zero-order valence-corrected chi connectivity index (χ0v) is 12.0. The number of aliphatic hydroxyl groups excluding tert-OH is 1. The number of hydrogen-bond acceptors (Lipinski definition) is 4. The van der Waals surface area contributed by atoms with Crippen LogP contribution in [0.5, 0.6) is 5.75 Å². The molecule has 0 aliphatic rings. The van der Waals surface area contributed by atoms with Crippen molar-refractivity contribution in [1.29, 1.82) is 0 Å². The topological polar surface area (TPSA) is 87.7 Å². The van der Waals surface area contributed by atoms with Gasteiger partial charge in [-0.1, -0.05) is 12.2 Å². The number of hydrogen-bond donors (Lipinski definition) is 3. The summed E-state index contributed by atoms with van der Waals surface area (Å²) in [5.74, 6) is -0.0109. The first-order valence-electron chi connectivity index (χ1n) is 6.67. The zero-order chi connectivity index (χ0) is 15.5. The summed E-state index contributed by atoms with van der Waals surface area (Å²) in [5.41, 5.74) is 0.448. The maximum atomic E-state index is 11.8. The second kappa shape index (κ2) is 9.55. The first-order chi connectivity index (χ1) is 10.2. The van der Waals surface area contributed by atoms with Gasteiger partial charge in [0.05, 0.1) is 13.2 Å². The quantitative estimate of drug-likeness (QED) is 0.608. The number of carbonyl (C=O) groups is 2. The molecule has 0 aliphatic carbocycles. The van der Waals surface area contributed by atoms with Crippen LogP contribution in [0.15, 0.2) is 36.4 Å². The fraction of sp³-hybridized carbons (Fsp3) is 0.333. The Morgan fingerprint density at radius 1 is 1.24 bits per heavy atom. The molecule has 2 amide bonds. The minimum atomic E-state index is -0.344. The molecule has 0 fully saturated rings. The SMILES string of the molecule is C/C=C/COc1ccc(C(=O)NCC(=O)NCCO)cc1. The van der Waals surface area contributed by atoms with E-state index in [1.807, 2.05) is 19.1 Å². The van der Waals surface area contributed by atoms with Crippen molar-refractivity contribution in [2.24, 2.45) is 0 Å². The molecule has 0 radical (unpaired) electrons. The van der Waals surface area contributed by atoms with Gasteiger partial charge in [-0.25, -0.2) is 0 Å². The van der Waals surface area contributed by atoms with Crippen molar-refractivity contribution in [3.63, 3.8) is 0 Å². The number of allylic oxidation sites excluding steroid dienone is 1. The lowest BCUT2D eigenvalue weighted by atomic mass is 10.2. The smallest absolute Gasteiger partial charge is 0.251 e. The summed E-state index contributed by atoms with van der Waals surface area (Å²) in [6.07, 6.45) is 3.77. The van der Waals surface area contributed by atoms with Gasteiger partial charge in [-0.3, -0.25) is 9.59 Å². The van der Waals surface area contributed by atoms with E-state index in [0.29, 0.717) is 17.9 Å². The number of carbonyl (C=O) groups excluding carboxylic acids is 2. The van der Waals surface area contributed by atoms with Gasteiger partial charge in [-0.2, -0.15) is 0 Å². The van der Waals surface area contributed by atoms with Gasteiger partial charge in [-0.15, -0.1) is 0 Å². The van der Waals surface area contributed by atoms with Gasteiger partial charge >= 0.3 is 0 Å². The molecule has 1 rings (SSSR count). The molecule has 1 aromatic carbocycles. The van der Waals surface area contributed by atoms with E-state index in [9.17, 15) is 9.59 Å². The van der Waals surface area contributed by atoms with Crippen molar-refractivity contribution >= 4 is 11.8 Å². The van der Waals surface area contributed by atoms with Gasteiger partial charge in [0.15, 0.2) is 0 Å². The molecule has 0 unspecified atom stereocenters. The summed E-state index contributed by atoms with van der Waals surface area (Å²) in [7, 11) is 0. The second-order valence-corrected chi connectivity index (χ2v) is 4.16. The highest BCUT2D eigenvalue weighted by Crippen LogP contribution is 2.12. The first kappa shape index (κ1) is 16.7. The predicted molar refractivity (Wildman–Crippen MR) is 79.2 cm³/mol. The van der Waals surface area contributed by atoms with Crippen molar-refractivity contribution in [2.75, 3.05) is 26.3 Å². The standard InChI is InChI=1S/C15H20N2O4/c1-2-3-10-21-13-6-4-12(5-7-13)15(20)17-11-14(19)16-8-9-18/h2-7,18H,8-11H2,1H3,(H,16,19)(H,17,20)/b3-2+. The van der Waals surface area contributed by atoms with E-state index in [1.165, 1.54) is 0 Å². The third-order valence-corrected chi connectivity index (χ3v) is 2.54. The van der Waals surface area contributed by atoms with E-state index in [-0.39, 0.29) is 31.5 Å². The highest BCUT2D eigenvalue weighted by Gasteiger charge is 2.07. The lowest BCUT2D eigenvalue weighted by molar-refractivity contribution is -0.120. The first-order valence-corrected chi connectivity index (χ1v) is 6.67. The van der Waals surface area contributed by atoms with Crippen LogP contribution in [0.25, 0.3) is 0 Å². The van der Waals surface area contributed by atoms with E-state index >= 15 is 0 Å². The molecule has 0 aromatic heterocycles. The Kier molecular flexibility index (Phi) is 7.60. The van der Waals surface area contributed by atoms with Gasteiger partial charge < -0.3 is 20.5 Å². The van der Waals surface area contributed by atoms with Crippen LogP contribution in [0.1, 0.15) is 17.3 Å². The Bertz CT molecular complexity index is 483. The minimum Gasteiger partial charge on any atom is -0.490 e. The predicted octanol–water partition coefficient (Wildman–Crippen LogP) is 0.480. The summed E-state index contributed by atoms with van der Waals surface area (Å²) in [4.78, 5) is 23.1. The third kappa shape index (κ3) is 6.58. The van der Waals surface area contributed by atoms with Crippen LogP contribution in [0.3, 0.4) is 0 Å². The summed E-state index contributed by atoms with van der Waals surface area (Å²) in [6, 6.07) is 6.66. The summed E-state index contributed by atoms with van der Waals surface area (Å²) >= 11 is 0. The van der Waals surface area contributed by atoms with E-state index in [2.05, 4.69) is 10.6 Å². The highest BCUT2D eigenvalue weighted by atomic mass is 16.5. The Balaban J connectivity index is 2.42. The summed E-state index contributed by atoms with van der Waals surface area (Å²) in [6.45, 7) is 2.31. The van der Waals surface area contributed by atoms with Gasteiger partial charge in [0.25, 0.3) is 5.91 Å². The monoisotopic (exact) mass is 292 g/mol. The van der Waals surface area contributed by atoms with Crippen LogP contribution >= 0.6 is 0 Å². The van der Waals surface area contributed by atoms with Crippen LogP contribution < -0.4 is 15.4 Å². The van der Waals surface area contributed by atoms with Crippen LogP contribution in [-0.2, 0) is 4.79 Å². The molecule has 114 valence electrons. The Morgan fingerprint density at radius 2 is 1.95 bits per heavy atom. The fourth-order valence-electron chi connectivity index (χ4n) is 1.46. The molecular formula is C15H20N2O4. The number of nitrogens with one attached hydrogen (secondary N) is 2. The Hall–Kier alpha value is -2.34. The molecule has 0 spiro atoms. The maximum absolute atomic E-state index is 11.8. The molecule has 0 saturated heterocycles. The van der Waals surface area contributed by atoms with Crippen LogP contribution in [0.2, 0.25) is 0 Å². The molecule has 0 atom stereocenters. The molecule has 1 aromatic rings. The summed E-state index contributed by atoms with van der Waals surface area (Å²) in [5, 5.41) is 13.5. The van der Waals surface area contributed by atoms with Gasteiger partial charge in [0, 0.05) is 12.1 Å². The average molecular weight is 292 g/mol. The fourth-order valence-corrected chi connectivity index (χ4v) is 1.46. The van der Waals surface area contributed by atoms with Crippen LogP contribution in [-0.4, -0.2) is 43.2 Å². The molecule has 0 saturated carbocycles. The molecule has 21 heavy (non-hydrogen) atoms. The number of amides is 2. The van der Waals surface area contributed by atoms with Crippen molar-refractivity contribution in [3.8, 4) is 5.75 Å². The molecule has 3 N–H and O–H groups in total. The molecular weight excluding hydrogens is 272 g/mol. The Labute approximate surface area is 123 Å². The highest BCUT2D eigenvalue weighted by molar-refractivity contribution is 5.96. The molecule has 6 heteroatoms. The molecule has 6 nitrogen and oxygen atoms in total. The lowest BCUT2D eigenvalue weighted by Gasteiger charge is -2.07. The molecule has 0 heterocycles. The van der Waals surface area contributed by atoms with Crippen molar-refractivity contribution < 1.29 is 19.4 Å². The van der Waals surface area contributed by atoms with Crippen molar-refractivity contribution in [2.45, 2.75) is 6.92 Å². The van der Waals surface area contributed by atoms with Crippen LogP contribution in [0, 0.1) is 0 Å². The minimum absolute atomic E-state index is 0.127. The van der Waals surface area contributed by atoms with Gasteiger partial charge in [-0.05, 0) is 31.2 Å². The lowest BCUT2D eigenvalue weighted by Crippen LogP contribution is -2.37. The van der Waals surface area contributed by atoms with Crippen LogP contribution in [0.4, 0.5) is 0 Å². The molecule has 0 aliphatic heterocycles. The number of ether oxygens (including phenoxy) is 1. The van der Waals surface area contributed by atoms with E-state index in [4.69, 9.17) is 9.84 Å². The van der Waals surface area contributed by atoms with E-state index < -0.39 is 0 Å². The van der Waals surface area contributed by atoms with Gasteiger partial charge in [0.1, 0.15) is 12.4 Å². The Morgan fingerprint density at radius 3 is 2.57 bits per heavy atom. The summed E-state index contributed by atoms with van der Waals surface area (Å²) < 4.78 is 5.42. The van der Waals surface area contributed by atoms with E-state index in [0.717, 1.165) is 0 Å². The normalized spacial score (nSPS) is 10.4. The average Bonchev–Trinajstić information content (AvgIpc) is 2.51. The van der Waals surface area contributed by atoms with Gasteiger partial charge in [0.2, 0.25) is 5.91 Å². The third-order valence-electron chi connectivity index (χ3n) is 2.54. The largest absolute Gasteiger partial charge is 0.490 e.